The van der Waals surface area contributed by atoms with Crippen molar-refractivity contribution in [3.8, 4) is 27.9 Å². The van der Waals surface area contributed by atoms with Gasteiger partial charge < -0.3 is 9.32 Å². The number of furan rings is 1. The molecule has 0 aliphatic rings. The third-order valence-corrected chi connectivity index (χ3v) is 9.03. The average Bonchev–Trinajstić information content (AvgIpc) is 3.68. The maximum atomic E-state index is 6.49. The van der Waals surface area contributed by atoms with E-state index in [1.165, 1.54) is 27.6 Å². The van der Waals surface area contributed by atoms with Crippen molar-refractivity contribution in [3.05, 3.63) is 182 Å². The Hall–Kier alpha value is -6.32. The standard InChI is InChI=1S/C44H30N2O/c1-3-11-31(12-4-1)33-19-23-35(24-20-33)45(36-25-21-34(22-26-36)32-13-5-2-6-14-32)37-27-29-38(30-28-37)46-41-17-9-7-15-39(41)43-40-16-8-10-18-42(40)47-44(43)46/h1-30H. The number of hydrogen-bond acceptors (Lipinski definition) is 2. The van der Waals surface area contributed by atoms with E-state index in [1.54, 1.807) is 0 Å². The van der Waals surface area contributed by atoms with Gasteiger partial charge in [-0.15, -0.1) is 0 Å². The van der Waals surface area contributed by atoms with Crippen LogP contribution in [0.1, 0.15) is 0 Å². The Morgan fingerprint density at radius 3 is 1.40 bits per heavy atom. The van der Waals surface area contributed by atoms with Gasteiger partial charge in [-0.25, -0.2) is 0 Å². The van der Waals surface area contributed by atoms with E-state index in [4.69, 9.17) is 4.42 Å². The molecule has 0 saturated carbocycles. The van der Waals surface area contributed by atoms with E-state index in [1.807, 2.05) is 12.1 Å². The van der Waals surface area contributed by atoms with Gasteiger partial charge in [-0.2, -0.15) is 0 Å². The highest BCUT2D eigenvalue weighted by Crippen LogP contribution is 2.41. The summed E-state index contributed by atoms with van der Waals surface area (Å²) in [6.07, 6.45) is 0. The third kappa shape index (κ3) is 4.68. The second-order valence-electron chi connectivity index (χ2n) is 11.8. The number of anilines is 3. The summed E-state index contributed by atoms with van der Waals surface area (Å²) >= 11 is 0. The van der Waals surface area contributed by atoms with Crippen molar-refractivity contribution in [2.24, 2.45) is 0 Å². The normalized spacial score (nSPS) is 11.4. The zero-order valence-electron chi connectivity index (χ0n) is 25.6. The molecule has 0 bridgehead atoms. The largest absolute Gasteiger partial charge is 0.439 e. The molecule has 0 aliphatic carbocycles. The van der Waals surface area contributed by atoms with Crippen molar-refractivity contribution in [3.63, 3.8) is 0 Å². The van der Waals surface area contributed by atoms with Crippen LogP contribution < -0.4 is 4.90 Å². The lowest BCUT2D eigenvalue weighted by Gasteiger charge is -2.26. The van der Waals surface area contributed by atoms with Gasteiger partial charge in [-0.05, 0) is 82.9 Å². The lowest BCUT2D eigenvalue weighted by atomic mass is 10.0. The topological polar surface area (TPSA) is 21.3 Å². The Kier molecular flexibility index (Phi) is 6.46. The average molecular weight is 603 g/mol. The summed E-state index contributed by atoms with van der Waals surface area (Å²) in [6.45, 7) is 0. The van der Waals surface area contributed by atoms with E-state index in [0.29, 0.717) is 0 Å². The molecule has 9 rings (SSSR count). The summed E-state index contributed by atoms with van der Waals surface area (Å²) in [4.78, 5) is 2.32. The lowest BCUT2D eigenvalue weighted by Crippen LogP contribution is -2.10. The summed E-state index contributed by atoms with van der Waals surface area (Å²) in [7, 11) is 0. The maximum Gasteiger partial charge on any atom is 0.213 e. The highest BCUT2D eigenvalue weighted by Gasteiger charge is 2.19. The molecule has 222 valence electrons. The van der Waals surface area contributed by atoms with Gasteiger partial charge in [0.2, 0.25) is 5.71 Å². The zero-order valence-corrected chi connectivity index (χ0v) is 25.6. The monoisotopic (exact) mass is 602 g/mol. The van der Waals surface area contributed by atoms with Crippen LogP contribution >= 0.6 is 0 Å². The SMILES string of the molecule is c1ccc(-c2ccc(N(c3ccc(-c4ccccc4)cc3)c3ccc(-n4c5ccccc5c5c6ccccc6oc54)cc3)cc2)cc1. The predicted octanol–water partition coefficient (Wildman–Crippen LogP) is 12.3. The molecule has 0 spiro atoms. The van der Waals surface area contributed by atoms with E-state index in [-0.39, 0.29) is 0 Å². The molecule has 0 saturated heterocycles. The highest BCUT2D eigenvalue weighted by atomic mass is 16.3. The molecule has 2 heterocycles. The minimum Gasteiger partial charge on any atom is -0.439 e. The minimum atomic E-state index is 0.866. The molecule has 47 heavy (non-hydrogen) atoms. The van der Waals surface area contributed by atoms with Gasteiger partial charge in [0, 0.05) is 33.5 Å². The summed E-state index contributed by atoms with van der Waals surface area (Å²) in [6, 6.07) is 64.3. The number of hydrogen-bond donors (Lipinski definition) is 0. The van der Waals surface area contributed by atoms with Crippen molar-refractivity contribution in [2.45, 2.75) is 0 Å². The first-order valence-corrected chi connectivity index (χ1v) is 15.9. The molecule has 0 unspecified atom stereocenters. The Morgan fingerprint density at radius 1 is 0.383 bits per heavy atom. The van der Waals surface area contributed by atoms with Crippen LogP contribution in [0.15, 0.2) is 186 Å². The van der Waals surface area contributed by atoms with Crippen molar-refractivity contribution < 1.29 is 4.42 Å². The van der Waals surface area contributed by atoms with Crippen molar-refractivity contribution in [1.29, 1.82) is 0 Å². The van der Waals surface area contributed by atoms with Crippen LogP contribution in [0.25, 0.3) is 60.9 Å². The fraction of sp³-hybridized carbons (Fsp3) is 0. The first-order valence-electron chi connectivity index (χ1n) is 15.9. The molecule has 0 amide bonds. The Bertz CT molecular complexity index is 2390. The minimum absolute atomic E-state index is 0.866. The Balaban J connectivity index is 1.15. The number of para-hydroxylation sites is 2. The number of rotatable bonds is 6. The smallest absolute Gasteiger partial charge is 0.213 e. The number of fused-ring (bicyclic) bond motifs is 5. The van der Waals surface area contributed by atoms with Gasteiger partial charge in [0.15, 0.2) is 0 Å². The zero-order chi connectivity index (χ0) is 31.2. The van der Waals surface area contributed by atoms with E-state index in [2.05, 4.69) is 179 Å². The summed E-state index contributed by atoms with van der Waals surface area (Å²) in [5, 5.41) is 3.48. The van der Waals surface area contributed by atoms with E-state index in [0.717, 1.165) is 50.3 Å². The van der Waals surface area contributed by atoms with Gasteiger partial charge in [0.05, 0.1) is 10.9 Å². The molecular weight excluding hydrogens is 572 g/mol. The third-order valence-electron chi connectivity index (χ3n) is 9.03. The van der Waals surface area contributed by atoms with Crippen LogP contribution in [0.2, 0.25) is 0 Å². The van der Waals surface area contributed by atoms with Crippen LogP contribution in [0.5, 0.6) is 0 Å². The van der Waals surface area contributed by atoms with E-state index in [9.17, 15) is 0 Å². The molecule has 0 N–H and O–H groups in total. The molecular formula is C44H30N2O. The molecule has 7 aromatic carbocycles. The van der Waals surface area contributed by atoms with Gasteiger partial charge in [0.25, 0.3) is 0 Å². The van der Waals surface area contributed by atoms with Crippen molar-refractivity contribution >= 4 is 50.0 Å². The first kappa shape index (κ1) is 27.0. The van der Waals surface area contributed by atoms with Crippen LogP contribution in [0.3, 0.4) is 0 Å². The van der Waals surface area contributed by atoms with Gasteiger partial charge in [-0.3, -0.25) is 4.57 Å². The maximum absolute atomic E-state index is 6.49. The Morgan fingerprint density at radius 2 is 0.830 bits per heavy atom. The molecule has 3 heteroatoms. The molecule has 9 aromatic rings. The van der Waals surface area contributed by atoms with Crippen LogP contribution in [0.4, 0.5) is 17.1 Å². The van der Waals surface area contributed by atoms with Crippen LogP contribution in [0, 0.1) is 0 Å². The fourth-order valence-corrected chi connectivity index (χ4v) is 6.76. The highest BCUT2D eigenvalue weighted by molar-refractivity contribution is 6.19. The molecule has 0 aliphatic heterocycles. The predicted molar refractivity (Wildman–Crippen MR) is 196 cm³/mol. The molecule has 3 nitrogen and oxygen atoms in total. The summed E-state index contributed by atoms with van der Waals surface area (Å²) < 4.78 is 8.73. The van der Waals surface area contributed by atoms with E-state index >= 15 is 0 Å². The Labute approximate surface area is 273 Å². The summed E-state index contributed by atoms with van der Waals surface area (Å²) in [5.41, 5.74) is 12.0. The quantitative estimate of drug-likeness (QED) is 0.189. The molecule has 2 aromatic heterocycles. The van der Waals surface area contributed by atoms with Crippen LogP contribution in [-0.2, 0) is 0 Å². The molecule has 0 radical (unpaired) electrons. The number of nitrogens with zero attached hydrogens (tertiary/aromatic N) is 2. The summed E-state index contributed by atoms with van der Waals surface area (Å²) in [5.74, 6) is 0. The van der Waals surface area contributed by atoms with Gasteiger partial charge >= 0.3 is 0 Å². The first-order chi connectivity index (χ1) is 23.3. The number of aromatic nitrogens is 1. The lowest BCUT2D eigenvalue weighted by molar-refractivity contribution is 0.645. The second-order valence-corrected chi connectivity index (χ2v) is 11.8. The van der Waals surface area contributed by atoms with E-state index < -0.39 is 0 Å². The fourth-order valence-electron chi connectivity index (χ4n) is 6.76. The van der Waals surface area contributed by atoms with Crippen molar-refractivity contribution in [1.82, 2.24) is 4.57 Å². The molecule has 0 fully saturated rings. The van der Waals surface area contributed by atoms with Crippen LogP contribution in [-0.4, -0.2) is 4.57 Å². The van der Waals surface area contributed by atoms with Gasteiger partial charge in [-0.1, -0.05) is 121 Å². The second kappa shape index (κ2) is 11.2. The van der Waals surface area contributed by atoms with Gasteiger partial charge in [0.1, 0.15) is 5.58 Å². The van der Waals surface area contributed by atoms with Crippen molar-refractivity contribution in [2.75, 3.05) is 4.90 Å². The number of benzene rings is 7. The molecule has 0 atom stereocenters.